The van der Waals surface area contributed by atoms with Gasteiger partial charge in [0.15, 0.2) is 11.5 Å². The number of fused-ring (bicyclic) bond motifs is 1. The summed E-state index contributed by atoms with van der Waals surface area (Å²) in [5.74, 6) is 1.85. The van der Waals surface area contributed by atoms with Crippen LogP contribution >= 0.6 is 0 Å². The molecule has 1 aliphatic rings. The Morgan fingerprint density at radius 2 is 1.88 bits per heavy atom. The van der Waals surface area contributed by atoms with E-state index in [4.69, 9.17) is 14.2 Å². The fourth-order valence-corrected chi connectivity index (χ4v) is 2.54. The van der Waals surface area contributed by atoms with Gasteiger partial charge < -0.3 is 19.5 Å². The molecule has 1 heterocycles. The van der Waals surface area contributed by atoms with Crippen LogP contribution in [0.1, 0.15) is 17.5 Å². The molecule has 0 unspecified atom stereocenters. The van der Waals surface area contributed by atoms with Crippen molar-refractivity contribution in [2.45, 2.75) is 13.0 Å². The number of nitrogens with one attached hydrogen (secondary N) is 1. The second kappa shape index (κ2) is 8.24. The van der Waals surface area contributed by atoms with Gasteiger partial charge in [-0.2, -0.15) is 0 Å². The van der Waals surface area contributed by atoms with E-state index in [0.29, 0.717) is 37.0 Å². The summed E-state index contributed by atoms with van der Waals surface area (Å²) in [6.07, 6.45) is 4.14. The topological polar surface area (TPSA) is 56.8 Å². The number of carbonyl (C=O) groups is 1. The summed E-state index contributed by atoms with van der Waals surface area (Å²) in [6, 6.07) is 13.4. The fraction of sp³-hybridized carbons (Fsp3) is 0.250. The van der Waals surface area contributed by atoms with Gasteiger partial charge in [0, 0.05) is 30.7 Å². The van der Waals surface area contributed by atoms with Crippen molar-refractivity contribution in [3.05, 3.63) is 59.7 Å². The molecular weight excluding hydrogens is 318 g/mol. The highest BCUT2D eigenvalue weighted by Gasteiger charge is 2.15. The van der Waals surface area contributed by atoms with Crippen molar-refractivity contribution in [1.82, 2.24) is 5.32 Å². The van der Waals surface area contributed by atoms with E-state index in [2.05, 4.69) is 5.32 Å². The number of methoxy groups -OCH3 is 1. The molecule has 1 amide bonds. The lowest BCUT2D eigenvalue weighted by atomic mass is 10.1. The molecule has 0 saturated carbocycles. The van der Waals surface area contributed by atoms with Gasteiger partial charge in [-0.3, -0.25) is 4.79 Å². The zero-order valence-corrected chi connectivity index (χ0v) is 14.2. The molecule has 25 heavy (non-hydrogen) atoms. The lowest BCUT2D eigenvalue weighted by Gasteiger charge is -2.14. The van der Waals surface area contributed by atoms with Gasteiger partial charge in [-0.25, -0.2) is 0 Å². The van der Waals surface area contributed by atoms with Gasteiger partial charge in [0.1, 0.15) is 5.75 Å². The molecule has 2 aromatic rings. The monoisotopic (exact) mass is 339 g/mol. The van der Waals surface area contributed by atoms with Crippen molar-refractivity contribution in [2.24, 2.45) is 0 Å². The van der Waals surface area contributed by atoms with Crippen LogP contribution in [0.25, 0.3) is 6.08 Å². The third-order valence-electron chi connectivity index (χ3n) is 3.83. The fourth-order valence-electron chi connectivity index (χ4n) is 2.54. The molecule has 0 atom stereocenters. The smallest absolute Gasteiger partial charge is 0.244 e. The minimum atomic E-state index is -0.169. The molecule has 1 N–H and O–H groups in total. The number of rotatable bonds is 5. The predicted octanol–water partition coefficient (Wildman–Crippen LogP) is 3.19. The second-order valence-electron chi connectivity index (χ2n) is 5.62. The zero-order chi connectivity index (χ0) is 17.5. The highest BCUT2D eigenvalue weighted by atomic mass is 16.5. The van der Waals surface area contributed by atoms with Gasteiger partial charge in [-0.15, -0.1) is 0 Å². The largest absolute Gasteiger partial charge is 0.496 e. The molecule has 2 aromatic carbocycles. The summed E-state index contributed by atoms with van der Waals surface area (Å²) >= 11 is 0. The van der Waals surface area contributed by atoms with E-state index < -0.39 is 0 Å². The maximum atomic E-state index is 12.0. The molecule has 3 rings (SSSR count). The molecule has 130 valence electrons. The van der Waals surface area contributed by atoms with Gasteiger partial charge in [0.2, 0.25) is 5.91 Å². The molecular formula is C20H21NO4. The SMILES string of the molecule is COc1cc2c(cc1CNC(=O)/C=C/c1ccccc1)OCCCO2. The number of hydrogen-bond acceptors (Lipinski definition) is 4. The van der Waals surface area contributed by atoms with Crippen molar-refractivity contribution in [2.75, 3.05) is 20.3 Å². The third kappa shape index (κ3) is 4.53. The van der Waals surface area contributed by atoms with Crippen molar-refractivity contribution < 1.29 is 19.0 Å². The van der Waals surface area contributed by atoms with Crippen LogP contribution in [0.5, 0.6) is 17.2 Å². The molecule has 0 aliphatic carbocycles. The first-order chi connectivity index (χ1) is 12.3. The Morgan fingerprint density at radius 3 is 2.60 bits per heavy atom. The van der Waals surface area contributed by atoms with E-state index in [0.717, 1.165) is 17.5 Å². The van der Waals surface area contributed by atoms with E-state index in [1.165, 1.54) is 6.08 Å². The van der Waals surface area contributed by atoms with Crippen molar-refractivity contribution in [3.63, 3.8) is 0 Å². The first-order valence-corrected chi connectivity index (χ1v) is 8.24. The van der Waals surface area contributed by atoms with Crippen molar-refractivity contribution in [3.8, 4) is 17.2 Å². The summed E-state index contributed by atoms with van der Waals surface area (Å²) < 4.78 is 16.8. The standard InChI is InChI=1S/C20H21NO4/c1-23-17-13-19-18(24-10-5-11-25-19)12-16(17)14-21-20(22)9-8-15-6-3-2-4-7-15/h2-4,6-9,12-13H,5,10-11,14H2,1H3,(H,21,22)/b9-8+. The Labute approximate surface area is 147 Å². The Balaban J connectivity index is 1.67. The van der Waals surface area contributed by atoms with Gasteiger partial charge in [-0.1, -0.05) is 30.3 Å². The van der Waals surface area contributed by atoms with Gasteiger partial charge in [0.05, 0.1) is 20.3 Å². The van der Waals surface area contributed by atoms with E-state index in [1.807, 2.05) is 42.5 Å². The van der Waals surface area contributed by atoms with Crippen LogP contribution in [0.3, 0.4) is 0 Å². The lowest BCUT2D eigenvalue weighted by molar-refractivity contribution is -0.116. The minimum absolute atomic E-state index is 0.169. The Morgan fingerprint density at radius 1 is 1.16 bits per heavy atom. The van der Waals surface area contributed by atoms with E-state index in [9.17, 15) is 4.79 Å². The van der Waals surface area contributed by atoms with Crippen molar-refractivity contribution >= 4 is 12.0 Å². The van der Waals surface area contributed by atoms with Crippen LogP contribution in [0.15, 0.2) is 48.5 Å². The molecule has 0 radical (unpaired) electrons. The van der Waals surface area contributed by atoms with Crippen LogP contribution in [0, 0.1) is 0 Å². The Kier molecular flexibility index (Phi) is 5.57. The average molecular weight is 339 g/mol. The van der Waals surface area contributed by atoms with Crippen LogP contribution in [-0.4, -0.2) is 26.2 Å². The van der Waals surface area contributed by atoms with Crippen LogP contribution in [0.2, 0.25) is 0 Å². The van der Waals surface area contributed by atoms with Crippen LogP contribution < -0.4 is 19.5 Å². The van der Waals surface area contributed by atoms with Crippen LogP contribution in [-0.2, 0) is 11.3 Å². The third-order valence-corrected chi connectivity index (χ3v) is 3.83. The van der Waals surface area contributed by atoms with E-state index in [-0.39, 0.29) is 5.91 Å². The highest BCUT2D eigenvalue weighted by molar-refractivity contribution is 5.91. The van der Waals surface area contributed by atoms with E-state index in [1.54, 1.807) is 13.2 Å². The first kappa shape index (κ1) is 16.9. The Bertz CT molecular complexity index is 756. The van der Waals surface area contributed by atoms with E-state index >= 15 is 0 Å². The molecule has 0 spiro atoms. The van der Waals surface area contributed by atoms with Gasteiger partial charge >= 0.3 is 0 Å². The summed E-state index contributed by atoms with van der Waals surface area (Å²) in [5.41, 5.74) is 1.82. The lowest BCUT2D eigenvalue weighted by Crippen LogP contribution is -2.20. The molecule has 0 saturated heterocycles. The maximum Gasteiger partial charge on any atom is 0.244 e. The average Bonchev–Trinajstić information content (AvgIpc) is 2.89. The summed E-state index contributed by atoms with van der Waals surface area (Å²) in [4.78, 5) is 12.0. The second-order valence-corrected chi connectivity index (χ2v) is 5.62. The zero-order valence-electron chi connectivity index (χ0n) is 14.2. The van der Waals surface area contributed by atoms with Gasteiger partial charge in [0.25, 0.3) is 0 Å². The summed E-state index contributed by atoms with van der Waals surface area (Å²) in [6.45, 7) is 1.58. The normalized spacial score (nSPS) is 13.3. The van der Waals surface area contributed by atoms with Gasteiger partial charge in [-0.05, 0) is 17.7 Å². The molecule has 0 bridgehead atoms. The summed E-state index contributed by atoms with van der Waals surface area (Å²) in [7, 11) is 1.60. The number of ether oxygens (including phenoxy) is 3. The number of amides is 1. The van der Waals surface area contributed by atoms with Crippen molar-refractivity contribution in [1.29, 1.82) is 0 Å². The maximum absolute atomic E-state index is 12.0. The number of hydrogen-bond donors (Lipinski definition) is 1. The molecule has 0 aromatic heterocycles. The Hall–Kier alpha value is -2.95. The quantitative estimate of drug-likeness (QED) is 0.850. The molecule has 5 heteroatoms. The molecule has 0 fully saturated rings. The number of carbonyl (C=O) groups excluding carboxylic acids is 1. The first-order valence-electron chi connectivity index (χ1n) is 8.24. The van der Waals surface area contributed by atoms with Crippen LogP contribution in [0.4, 0.5) is 0 Å². The number of benzene rings is 2. The molecule has 1 aliphatic heterocycles. The highest BCUT2D eigenvalue weighted by Crippen LogP contribution is 2.36. The minimum Gasteiger partial charge on any atom is -0.496 e. The molecule has 5 nitrogen and oxygen atoms in total. The summed E-state index contributed by atoms with van der Waals surface area (Å²) in [5, 5.41) is 2.86. The predicted molar refractivity (Wildman–Crippen MR) is 95.9 cm³/mol.